The quantitative estimate of drug-likeness (QED) is 0.0573. The van der Waals surface area contributed by atoms with Crippen LogP contribution >= 0.6 is 0 Å². The zero-order valence-electron chi connectivity index (χ0n) is 22.8. The van der Waals surface area contributed by atoms with Crippen molar-refractivity contribution in [3.63, 3.8) is 0 Å². The van der Waals surface area contributed by atoms with Gasteiger partial charge in [0.25, 0.3) is 0 Å². The van der Waals surface area contributed by atoms with Gasteiger partial charge in [-0.3, -0.25) is 0 Å². The number of benzene rings is 4. The van der Waals surface area contributed by atoms with Crippen LogP contribution in [-0.2, 0) is 23.1 Å². The number of ether oxygens (including phenoxy) is 2. The monoisotopic (exact) mass is 635 g/mol. The molecule has 0 atom stereocenters. The molecule has 0 saturated heterocycles. The van der Waals surface area contributed by atoms with Crippen LogP contribution < -0.4 is 28.5 Å². The lowest BCUT2D eigenvalue weighted by Gasteiger charge is -2.14. The summed E-state index contributed by atoms with van der Waals surface area (Å²) in [5.41, 5.74) is 1.89. The molecule has 0 aliphatic rings. The van der Waals surface area contributed by atoms with Crippen molar-refractivity contribution in [3.05, 3.63) is 90.3 Å². The van der Waals surface area contributed by atoms with Crippen LogP contribution in [0, 0.1) is 0 Å². The van der Waals surface area contributed by atoms with E-state index in [-0.39, 0.29) is 29.9 Å². The largest absolute Gasteiger partial charge is 1.00 e. The molecule has 1 aromatic heterocycles. The number of pyridine rings is 1. The van der Waals surface area contributed by atoms with E-state index in [2.05, 4.69) is 54.6 Å². The molecule has 4 aromatic carbocycles. The second kappa shape index (κ2) is 14.6. The lowest BCUT2D eigenvalue weighted by atomic mass is 9.92. The Kier molecular flexibility index (Phi) is 10.9. The summed E-state index contributed by atoms with van der Waals surface area (Å²) < 4.78 is 13.4. The van der Waals surface area contributed by atoms with Gasteiger partial charge in [-0.1, -0.05) is 93.1 Å². The summed E-state index contributed by atoms with van der Waals surface area (Å²) in [5.74, 6) is -0.230. The minimum Gasteiger partial charge on any atom is -1.00 e. The van der Waals surface area contributed by atoms with E-state index in [0.29, 0.717) is 18.8 Å². The molecule has 5 aromatic rings. The van der Waals surface area contributed by atoms with Crippen LogP contribution in [0.25, 0.3) is 32.3 Å². The fourth-order valence-corrected chi connectivity index (χ4v) is 5.36. The third-order valence-corrected chi connectivity index (χ3v) is 7.51. The first-order valence-corrected chi connectivity index (χ1v) is 14.1. The molecule has 0 amide bonds. The van der Waals surface area contributed by atoms with E-state index in [1.807, 2.05) is 24.0 Å². The van der Waals surface area contributed by atoms with Crippen LogP contribution in [-0.4, -0.2) is 19.2 Å². The molecule has 5 rings (SSSR count). The highest BCUT2D eigenvalue weighted by atomic mass is 127. The van der Waals surface area contributed by atoms with E-state index in [0.717, 1.165) is 25.9 Å². The summed E-state index contributed by atoms with van der Waals surface area (Å²) in [4.78, 5) is 12.0. The highest BCUT2D eigenvalue weighted by Gasteiger charge is 2.11. The molecule has 0 aliphatic heterocycles. The SMILES string of the molecule is C[n+]1ccc(C(=O)OCCCCCCCCCCOCc2ccc3ccc4cccc5ccc2c3c45)cc1.[I-]. The van der Waals surface area contributed by atoms with Gasteiger partial charge in [-0.2, -0.15) is 0 Å². The number of esters is 1. The molecule has 0 radical (unpaired) electrons. The van der Waals surface area contributed by atoms with Gasteiger partial charge in [0.05, 0.1) is 18.8 Å². The second-order valence-corrected chi connectivity index (χ2v) is 10.3. The maximum atomic E-state index is 12.0. The summed E-state index contributed by atoms with van der Waals surface area (Å²) in [6.07, 6.45) is 13.0. The first kappa shape index (κ1) is 29.2. The number of hydrogen-bond acceptors (Lipinski definition) is 3. The van der Waals surface area contributed by atoms with Gasteiger partial charge >= 0.3 is 5.97 Å². The summed E-state index contributed by atoms with van der Waals surface area (Å²) in [6.45, 7) is 1.98. The lowest BCUT2D eigenvalue weighted by Crippen LogP contribution is -3.00. The molecule has 0 spiro atoms. The van der Waals surface area contributed by atoms with Crippen molar-refractivity contribution in [1.82, 2.24) is 0 Å². The number of carbonyl (C=O) groups excluding carboxylic acids is 1. The summed E-state index contributed by atoms with van der Waals surface area (Å²) in [6, 6.07) is 23.5. The smallest absolute Gasteiger partial charge is 0.338 e. The Bertz CT molecular complexity index is 1470. The number of rotatable bonds is 14. The van der Waals surface area contributed by atoms with E-state index in [9.17, 15) is 4.79 Å². The third kappa shape index (κ3) is 7.46. The maximum Gasteiger partial charge on any atom is 0.338 e. The van der Waals surface area contributed by atoms with Gasteiger partial charge in [-0.15, -0.1) is 0 Å². The Hall–Kier alpha value is -2.77. The molecule has 0 saturated carbocycles. The zero-order chi connectivity index (χ0) is 26.2. The topological polar surface area (TPSA) is 39.4 Å². The van der Waals surface area contributed by atoms with E-state index >= 15 is 0 Å². The average Bonchev–Trinajstić information content (AvgIpc) is 2.95. The van der Waals surface area contributed by atoms with Crippen LogP contribution in [0.5, 0.6) is 0 Å². The minimum absolute atomic E-state index is 0. The van der Waals surface area contributed by atoms with E-state index in [1.54, 1.807) is 12.1 Å². The van der Waals surface area contributed by atoms with Gasteiger partial charge in [0, 0.05) is 18.7 Å². The van der Waals surface area contributed by atoms with E-state index < -0.39 is 0 Å². The Labute approximate surface area is 248 Å². The predicted molar refractivity (Wildman–Crippen MR) is 155 cm³/mol. The van der Waals surface area contributed by atoms with Gasteiger partial charge < -0.3 is 33.5 Å². The number of aryl methyl sites for hydroxylation is 1. The average molecular weight is 636 g/mol. The molecular weight excluding hydrogens is 597 g/mol. The van der Waals surface area contributed by atoms with Crippen LogP contribution in [0.4, 0.5) is 0 Å². The number of carbonyl (C=O) groups is 1. The van der Waals surface area contributed by atoms with E-state index in [4.69, 9.17) is 9.47 Å². The highest BCUT2D eigenvalue weighted by Crippen LogP contribution is 2.36. The van der Waals surface area contributed by atoms with Gasteiger partial charge in [-0.05, 0) is 50.7 Å². The van der Waals surface area contributed by atoms with E-state index in [1.165, 1.54) is 70.0 Å². The Morgan fingerprint density at radius 1 is 0.667 bits per heavy atom. The minimum atomic E-state index is -0.230. The van der Waals surface area contributed by atoms with Crippen molar-refractivity contribution in [2.24, 2.45) is 7.05 Å². The Morgan fingerprint density at radius 2 is 1.23 bits per heavy atom. The summed E-state index contributed by atoms with van der Waals surface area (Å²) in [5, 5.41) is 7.96. The Morgan fingerprint density at radius 3 is 1.92 bits per heavy atom. The third-order valence-electron chi connectivity index (χ3n) is 7.51. The molecular formula is C34H38INO3. The fourth-order valence-electron chi connectivity index (χ4n) is 5.36. The Balaban J connectivity index is 0.00000353. The molecule has 0 aliphatic carbocycles. The molecule has 4 nitrogen and oxygen atoms in total. The molecule has 0 N–H and O–H groups in total. The second-order valence-electron chi connectivity index (χ2n) is 10.3. The molecule has 0 unspecified atom stereocenters. The molecule has 204 valence electrons. The number of unbranched alkanes of at least 4 members (excludes halogenated alkanes) is 7. The molecule has 5 heteroatoms. The van der Waals surface area contributed by atoms with Crippen molar-refractivity contribution >= 4 is 38.3 Å². The van der Waals surface area contributed by atoms with Crippen molar-refractivity contribution in [1.29, 1.82) is 0 Å². The molecule has 1 heterocycles. The normalized spacial score (nSPS) is 11.3. The summed E-state index contributed by atoms with van der Waals surface area (Å²) in [7, 11) is 1.93. The predicted octanol–water partition coefficient (Wildman–Crippen LogP) is 4.91. The van der Waals surface area contributed by atoms with Gasteiger partial charge in [0.1, 0.15) is 7.05 Å². The van der Waals surface area contributed by atoms with Crippen molar-refractivity contribution in [2.75, 3.05) is 13.2 Å². The van der Waals surface area contributed by atoms with Crippen LogP contribution in [0.2, 0.25) is 0 Å². The van der Waals surface area contributed by atoms with Crippen molar-refractivity contribution < 1.29 is 42.8 Å². The molecule has 0 bridgehead atoms. The number of nitrogens with zero attached hydrogens (tertiary/aromatic N) is 1. The number of halogens is 1. The van der Waals surface area contributed by atoms with Gasteiger partial charge in [-0.25, -0.2) is 9.36 Å². The van der Waals surface area contributed by atoms with Crippen molar-refractivity contribution in [3.8, 4) is 0 Å². The van der Waals surface area contributed by atoms with Crippen LogP contribution in [0.1, 0.15) is 67.3 Å². The van der Waals surface area contributed by atoms with Crippen LogP contribution in [0.3, 0.4) is 0 Å². The van der Waals surface area contributed by atoms with Gasteiger partial charge in [0.2, 0.25) is 0 Å². The fraction of sp³-hybridized carbons (Fsp3) is 0.353. The maximum absolute atomic E-state index is 12.0. The highest BCUT2D eigenvalue weighted by molar-refractivity contribution is 6.23. The first-order valence-electron chi connectivity index (χ1n) is 14.1. The molecule has 39 heavy (non-hydrogen) atoms. The lowest BCUT2D eigenvalue weighted by molar-refractivity contribution is -0.671. The number of aromatic nitrogens is 1. The summed E-state index contributed by atoms with van der Waals surface area (Å²) >= 11 is 0. The standard InChI is InChI=1S/C34H38NO3.HI/c1-35-21-19-29(20-22-35)34(36)38-24-9-7-5-3-2-4-6-8-23-37-25-30-16-15-28-14-13-26-11-10-12-27-17-18-31(30)33(28)32(26)27;/h10-22H,2-9,23-25H2,1H3;1H/q+1;/p-1. The number of hydrogen-bond donors (Lipinski definition) is 0. The zero-order valence-corrected chi connectivity index (χ0v) is 25.0. The van der Waals surface area contributed by atoms with Gasteiger partial charge in [0.15, 0.2) is 12.4 Å². The van der Waals surface area contributed by atoms with Crippen LogP contribution in [0.15, 0.2) is 79.1 Å². The van der Waals surface area contributed by atoms with Crippen molar-refractivity contribution in [2.45, 2.75) is 58.0 Å². The first-order chi connectivity index (χ1) is 18.7. The molecule has 0 fully saturated rings.